The van der Waals surface area contributed by atoms with Gasteiger partial charge in [0.05, 0.1) is 6.54 Å². The van der Waals surface area contributed by atoms with E-state index in [2.05, 4.69) is 20.5 Å². The molecular formula is C21H29FN4O. The molecule has 1 aliphatic heterocycles. The number of nitrogens with one attached hydrogen (secondary N) is 2. The molecule has 0 radical (unpaired) electrons. The molecule has 0 amide bonds. The van der Waals surface area contributed by atoms with Gasteiger partial charge in [-0.2, -0.15) is 0 Å². The predicted octanol–water partition coefficient (Wildman–Crippen LogP) is 3.56. The maximum atomic E-state index is 13.5. The third-order valence-electron chi connectivity index (χ3n) is 6.04. The Balaban J connectivity index is 1.34. The first-order chi connectivity index (χ1) is 13.1. The molecule has 1 aliphatic carbocycles. The van der Waals surface area contributed by atoms with Gasteiger partial charge in [0.2, 0.25) is 0 Å². The van der Waals surface area contributed by atoms with Gasteiger partial charge >= 0.3 is 0 Å². The van der Waals surface area contributed by atoms with Gasteiger partial charge in [0, 0.05) is 43.2 Å². The second-order valence-corrected chi connectivity index (χ2v) is 7.78. The fraction of sp³-hybridized carbons (Fsp3) is 0.571. The highest BCUT2D eigenvalue weighted by atomic mass is 19.1. The summed E-state index contributed by atoms with van der Waals surface area (Å²) in [4.78, 5) is 7.00. The monoisotopic (exact) mass is 372 g/mol. The maximum Gasteiger partial charge on any atom is 0.191 e. The molecule has 2 aromatic rings. The van der Waals surface area contributed by atoms with E-state index >= 15 is 0 Å². The van der Waals surface area contributed by atoms with E-state index in [1.165, 1.54) is 44.4 Å². The molecule has 5 nitrogen and oxygen atoms in total. The van der Waals surface area contributed by atoms with Crippen LogP contribution in [0.2, 0.25) is 0 Å². The zero-order valence-electron chi connectivity index (χ0n) is 16.2. The quantitative estimate of drug-likeness (QED) is 0.636. The van der Waals surface area contributed by atoms with Crippen molar-refractivity contribution in [1.82, 2.24) is 15.5 Å². The number of furan rings is 1. The van der Waals surface area contributed by atoms with E-state index in [1.54, 1.807) is 13.1 Å². The Morgan fingerprint density at radius 1 is 1.30 bits per heavy atom. The van der Waals surface area contributed by atoms with Crippen LogP contribution in [0.4, 0.5) is 4.39 Å². The normalized spacial score (nSPS) is 22.0. The fourth-order valence-corrected chi connectivity index (χ4v) is 4.47. The average molecular weight is 372 g/mol. The van der Waals surface area contributed by atoms with Gasteiger partial charge in [-0.25, -0.2) is 4.39 Å². The molecule has 0 spiro atoms. The van der Waals surface area contributed by atoms with Crippen LogP contribution in [0.5, 0.6) is 0 Å². The summed E-state index contributed by atoms with van der Waals surface area (Å²) in [6.45, 7) is 4.76. The van der Waals surface area contributed by atoms with Crippen molar-refractivity contribution in [2.75, 3.05) is 20.1 Å². The summed E-state index contributed by atoms with van der Waals surface area (Å²) in [6, 6.07) is 5.86. The second-order valence-electron chi connectivity index (χ2n) is 7.78. The average Bonchev–Trinajstić information content (AvgIpc) is 3.40. The number of guanidine groups is 1. The van der Waals surface area contributed by atoms with Crippen LogP contribution in [0.1, 0.15) is 43.4 Å². The van der Waals surface area contributed by atoms with E-state index in [0.717, 1.165) is 47.3 Å². The van der Waals surface area contributed by atoms with Gasteiger partial charge in [-0.3, -0.25) is 9.89 Å². The lowest BCUT2D eigenvalue weighted by atomic mass is 10.1. The summed E-state index contributed by atoms with van der Waals surface area (Å²) >= 11 is 0. The summed E-state index contributed by atoms with van der Waals surface area (Å²) in [5.74, 6) is 1.37. The highest BCUT2D eigenvalue weighted by Gasteiger charge is 2.30. The molecular weight excluding hydrogens is 343 g/mol. The third-order valence-corrected chi connectivity index (χ3v) is 6.04. The molecule has 6 heteroatoms. The summed E-state index contributed by atoms with van der Waals surface area (Å²) in [5, 5.41) is 7.72. The summed E-state index contributed by atoms with van der Waals surface area (Å²) < 4.78 is 19.4. The van der Waals surface area contributed by atoms with E-state index in [0.29, 0.717) is 12.6 Å². The molecule has 1 unspecified atom stereocenters. The van der Waals surface area contributed by atoms with Crippen molar-refractivity contribution in [3.63, 3.8) is 0 Å². The van der Waals surface area contributed by atoms with Crippen LogP contribution in [-0.4, -0.2) is 43.1 Å². The van der Waals surface area contributed by atoms with E-state index in [4.69, 9.17) is 4.42 Å². The van der Waals surface area contributed by atoms with Crippen LogP contribution in [0.25, 0.3) is 11.0 Å². The number of fused-ring (bicyclic) bond motifs is 1. The molecule has 2 aliphatic rings. The van der Waals surface area contributed by atoms with Gasteiger partial charge in [0.1, 0.15) is 17.2 Å². The van der Waals surface area contributed by atoms with Gasteiger partial charge in [-0.05, 0) is 44.4 Å². The lowest BCUT2D eigenvalue weighted by Crippen LogP contribution is -2.45. The molecule has 146 valence electrons. The molecule has 0 bridgehead atoms. The Morgan fingerprint density at radius 2 is 2.11 bits per heavy atom. The molecule has 1 aromatic heterocycles. The molecule has 4 rings (SSSR count). The minimum atomic E-state index is -0.239. The van der Waals surface area contributed by atoms with E-state index in [1.807, 2.05) is 6.92 Å². The first-order valence-electron chi connectivity index (χ1n) is 10.0. The first kappa shape index (κ1) is 18.3. The highest BCUT2D eigenvalue weighted by molar-refractivity contribution is 5.83. The topological polar surface area (TPSA) is 52.8 Å². The molecule has 27 heavy (non-hydrogen) atoms. The van der Waals surface area contributed by atoms with Crippen LogP contribution in [0, 0.1) is 12.7 Å². The van der Waals surface area contributed by atoms with Crippen molar-refractivity contribution in [2.45, 2.75) is 57.7 Å². The third kappa shape index (κ3) is 3.95. The Bertz CT molecular complexity index is 825. The van der Waals surface area contributed by atoms with Crippen molar-refractivity contribution in [3.05, 3.63) is 35.3 Å². The summed E-state index contributed by atoms with van der Waals surface area (Å²) in [6.07, 6.45) is 6.61. The Morgan fingerprint density at radius 3 is 2.89 bits per heavy atom. The number of benzene rings is 1. The molecule has 1 saturated heterocycles. The highest BCUT2D eigenvalue weighted by Crippen LogP contribution is 2.27. The number of hydrogen-bond acceptors (Lipinski definition) is 3. The number of hydrogen-bond donors (Lipinski definition) is 2. The molecule has 2 N–H and O–H groups in total. The molecule has 2 heterocycles. The zero-order chi connectivity index (χ0) is 18.8. The lowest BCUT2D eigenvalue weighted by Gasteiger charge is -2.24. The van der Waals surface area contributed by atoms with Crippen molar-refractivity contribution in [3.8, 4) is 0 Å². The lowest BCUT2D eigenvalue weighted by molar-refractivity contribution is 0.242. The van der Waals surface area contributed by atoms with Crippen molar-refractivity contribution in [1.29, 1.82) is 0 Å². The molecule has 1 saturated carbocycles. The predicted molar refractivity (Wildman–Crippen MR) is 106 cm³/mol. The number of nitrogens with zero attached hydrogens (tertiary/aromatic N) is 2. The summed E-state index contributed by atoms with van der Waals surface area (Å²) in [5.41, 5.74) is 1.69. The molecule has 1 atom stereocenters. The van der Waals surface area contributed by atoms with Crippen LogP contribution in [-0.2, 0) is 6.54 Å². The smallest absolute Gasteiger partial charge is 0.191 e. The number of likely N-dealkylation sites (tertiary alicyclic amines) is 1. The summed E-state index contributed by atoms with van der Waals surface area (Å²) in [7, 11) is 1.79. The van der Waals surface area contributed by atoms with Crippen molar-refractivity contribution in [2.24, 2.45) is 4.99 Å². The van der Waals surface area contributed by atoms with Crippen LogP contribution >= 0.6 is 0 Å². The van der Waals surface area contributed by atoms with Gasteiger partial charge < -0.3 is 15.1 Å². The number of halogens is 1. The van der Waals surface area contributed by atoms with Gasteiger partial charge in [0.25, 0.3) is 0 Å². The fourth-order valence-electron chi connectivity index (χ4n) is 4.47. The van der Waals surface area contributed by atoms with E-state index in [-0.39, 0.29) is 5.82 Å². The van der Waals surface area contributed by atoms with Gasteiger partial charge in [-0.15, -0.1) is 0 Å². The minimum absolute atomic E-state index is 0.239. The second kappa shape index (κ2) is 7.89. The van der Waals surface area contributed by atoms with Crippen LogP contribution in [0.3, 0.4) is 0 Å². The SMILES string of the molecule is CN=C(NCc1oc2ccc(F)cc2c1C)NC1CCN(C2CCCC2)C1. The van der Waals surface area contributed by atoms with Crippen molar-refractivity contribution >= 4 is 16.9 Å². The first-order valence-corrected chi connectivity index (χ1v) is 10.0. The zero-order valence-corrected chi connectivity index (χ0v) is 16.2. The number of aliphatic imine (C=N–C) groups is 1. The minimum Gasteiger partial charge on any atom is -0.459 e. The largest absolute Gasteiger partial charge is 0.459 e. The molecule has 2 fully saturated rings. The molecule has 1 aromatic carbocycles. The Labute approximate surface area is 160 Å². The number of rotatable bonds is 4. The Kier molecular flexibility index (Phi) is 5.34. The van der Waals surface area contributed by atoms with E-state index < -0.39 is 0 Å². The Hall–Kier alpha value is -2.08. The van der Waals surface area contributed by atoms with Crippen LogP contribution in [0.15, 0.2) is 27.6 Å². The van der Waals surface area contributed by atoms with Crippen LogP contribution < -0.4 is 10.6 Å². The van der Waals surface area contributed by atoms with Gasteiger partial charge in [-0.1, -0.05) is 12.8 Å². The van der Waals surface area contributed by atoms with E-state index in [9.17, 15) is 4.39 Å². The maximum absolute atomic E-state index is 13.5. The standard InChI is InChI=1S/C21H29FN4O/c1-14-18-11-15(22)7-8-19(18)27-20(14)12-24-21(23-2)25-16-9-10-26(13-16)17-5-3-4-6-17/h7-8,11,16-17H,3-6,9-10,12-13H2,1-2H3,(H2,23,24,25). The van der Waals surface area contributed by atoms with Gasteiger partial charge in [0.15, 0.2) is 5.96 Å². The number of aryl methyl sites for hydroxylation is 1. The van der Waals surface area contributed by atoms with Crippen molar-refractivity contribution < 1.29 is 8.81 Å².